The highest BCUT2D eigenvalue weighted by Crippen LogP contribution is 2.18. The molecule has 1 aromatic carbocycles. The summed E-state index contributed by atoms with van der Waals surface area (Å²) in [5.41, 5.74) is 1.37. The molecule has 0 fully saturated rings. The molecule has 0 aliphatic heterocycles. The van der Waals surface area contributed by atoms with Crippen LogP contribution in [0.5, 0.6) is 0 Å². The average molecular weight is 287 g/mol. The van der Waals surface area contributed by atoms with Crippen LogP contribution in [0.4, 0.5) is 0 Å². The van der Waals surface area contributed by atoms with Crippen LogP contribution in [0.1, 0.15) is 19.8 Å². The summed E-state index contributed by atoms with van der Waals surface area (Å²) < 4.78 is 0.358. The summed E-state index contributed by atoms with van der Waals surface area (Å²) in [7, 11) is 0. The molecule has 0 aliphatic rings. The fraction of sp³-hybridized carbons (Fsp3) is 0.286. The molecule has 1 aromatic rings. The van der Waals surface area contributed by atoms with E-state index in [-0.39, 0.29) is 0 Å². The van der Waals surface area contributed by atoms with Crippen molar-refractivity contribution in [3.8, 4) is 0 Å². The first-order valence-electron chi connectivity index (χ1n) is 5.53. The molecule has 92 valence electrons. The van der Waals surface area contributed by atoms with Gasteiger partial charge < -0.3 is 0 Å². The Labute approximate surface area is 118 Å². The van der Waals surface area contributed by atoms with Gasteiger partial charge >= 0.3 is 0 Å². The van der Waals surface area contributed by atoms with Gasteiger partial charge in [-0.15, -0.1) is 11.8 Å². The summed E-state index contributed by atoms with van der Waals surface area (Å²) in [5, 5.41) is 0. The maximum absolute atomic E-state index is 5.55. The molecule has 0 radical (unpaired) electrons. The molecule has 0 aromatic heterocycles. The summed E-state index contributed by atoms with van der Waals surface area (Å²) in [6, 6.07) is 10.4. The third-order valence-electron chi connectivity index (χ3n) is 2.26. The lowest BCUT2D eigenvalue weighted by atomic mass is 10.1. The highest BCUT2D eigenvalue weighted by atomic mass is 35.5. The van der Waals surface area contributed by atoms with E-state index in [0.717, 1.165) is 18.6 Å². The predicted molar refractivity (Wildman–Crippen MR) is 79.9 cm³/mol. The van der Waals surface area contributed by atoms with Gasteiger partial charge in [0.2, 0.25) is 0 Å². The van der Waals surface area contributed by atoms with Gasteiger partial charge in [0, 0.05) is 10.6 Å². The lowest BCUT2D eigenvalue weighted by molar-refractivity contribution is 0.975. The van der Waals surface area contributed by atoms with E-state index in [1.54, 1.807) is 0 Å². The monoisotopic (exact) mass is 286 g/mol. The van der Waals surface area contributed by atoms with E-state index in [2.05, 4.69) is 37.3 Å². The van der Waals surface area contributed by atoms with Crippen LogP contribution in [-0.2, 0) is 0 Å². The number of hydrogen-bond donors (Lipinski definition) is 0. The SMILES string of the molecule is C/C(=C\CSc1ccccc1)CCC=C(Cl)Cl. The fourth-order valence-electron chi connectivity index (χ4n) is 1.31. The Hall–Kier alpha value is -0.370. The Morgan fingerprint density at radius 1 is 1.18 bits per heavy atom. The fourth-order valence-corrected chi connectivity index (χ4v) is 2.44. The van der Waals surface area contributed by atoms with Gasteiger partial charge in [-0.05, 0) is 31.9 Å². The second kappa shape index (κ2) is 8.68. The standard InChI is InChI=1S/C14H16Cl2S/c1-12(6-5-9-14(15)16)10-11-17-13-7-3-2-4-8-13/h2-4,7-10H,5-6,11H2,1H3/b12-10+. The van der Waals surface area contributed by atoms with Crippen molar-refractivity contribution in [1.29, 1.82) is 0 Å². The molecule has 0 nitrogen and oxygen atoms in total. The first-order chi connectivity index (χ1) is 8.18. The summed E-state index contributed by atoms with van der Waals surface area (Å²) in [6.45, 7) is 2.14. The topological polar surface area (TPSA) is 0 Å². The van der Waals surface area contributed by atoms with Gasteiger partial charge in [0.25, 0.3) is 0 Å². The summed E-state index contributed by atoms with van der Waals surface area (Å²) >= 11 is 12.9. The van der Waals surface area contributed by atoms with Crippen molar-refractivity contribution in [3.05, 3.63) is 52.5 Å². The third-order valence-corrected chi connectivity index (χ3v) is 3.51. The maximum Gasteiger partial charge on any atom is 0.102 e. The zero-order chi connectivity index (χ0) is 12.5. The van der Waals surface area contributed by atoms with Crippen LogP contribution >= 0.6 is 35.0 Å². The molecular formula is C14H16Cl2S. The van der Waals surface area contributed by atoms with Crippen LogP contribution in [0.25, 0.3) is 0 Å². The van der Waals surface area contributed by atoms with Crippen LogP contribution in [0.2, 0.25) is 0 Å². The zero-order valence-corrected chi connectivity index (χ0v) is 12.2. The van der Waals surface area contributed by atoms with Gasteiger partial charge in [-0.3, -0.25) is 0 Å². The highest BCUT2D eigenvalue weighted by Gasteiger charge is 1.92. The van der Waals surface area contributed by atoms with Crippen LogP contribution < -0.4 is 0 Å². The molecule has 0 saturated heterocycles. The van der Waals surface area contributed by atoms with E-state index >= 15 is 0 Å². The van der Waals surface area contributed by atoms with Crippen LogP contribution in [-0.4, -0.2) is 5.75 Å². The average Bonchev–Trinajstić information content (AvgIpc) is 2.30. The lowest BCUT2D eigenvalue weighted by Gasteiger charge is -2.00. The van der Waals surface area contributed by atoms with Crippen molar-refractivity contribution in [2.24, 2.45) is 0 Å². The minimum atomic E-state index is 0.358. The Morgan fingerprint density at radius 2 is 1.88 bits per heavy atom. The molecule has 0 atom stereocenters. The summed E-state index contributed by atoms with van der Waals surface area (Å²) in [5.74, 6) is 1.01. The molecule has 0 saturated carbocycles. The Balaban J connectivity index is 2.26. The van der Waals surface area contributed by atoms with Gasteiger partial charge in [0.15, 0.2) is 0 Å². The maximum atomic E-state index is 5.55. The number of rotatable bonds is 6. The van der Waals surface area contributed by atoms with Crippen LogP contribution in [0, 0.1) is 0 Å². The van der Waals surface area contributed by atoms with Crippen molar-refractivity contribution in [3.63, 3.8) is 0 Å². The van der Waals surface area contributed by atoms with Crippen LogP contribution in [0.15, 0.2) is 57.4 Å². The van der Waals surface area contributed by atoms with Crippen molar-refractivity contribution in [2.75, 3.05) is 5.75 Å². The molecule has 0 N–H and O–H groups in total. The number of halogens is 2. The number of benzene rings is 1. The summed E-state index contributed by atoms with van der Waals surface area (Å²) in [4.78, 5) is 1.31. The second-order valence-electron chi connectivity index (χ2n) is 3.71. The molecule has 1 rings (SSSR count). The Morgan fingerprint density at radius 3 is 2.53 bits per heavy atom. The Bertz CT molecular complexity index is 378. The van der Waals surface area contributed by atoms with Gasteiger partial charge in [-0.1, -0.05) is 59.1 Å². The number of hydrogen-bond acceptors (Lipinski definition) is 1. The molecule has 17 heavy (non-hydrogen) atoms. The van der Waals surface area contributed by atoms with Crippen molar-refractivity contribution in [2.45, 2.75) is 24.7 Å². The molecule has 0 unspecified atom stereocenters. The molecule has 0 heterocycles. The minimum Gasteiger partial charge on any atom is -0.122 e. The van der Waals surface area contributed by atoms with E-state index in [9.17, 15) is 0 Å². The molecular weight excluding hydrogens is 271 g/mol. The van der Waals surface area contributed by atoms with E-state index in [1.165, 1.54) is 10.5 Å². The Kier molecular flexibility index (Phi) is 7.50. The van der Waals surface area contributed by atoms with E-state index in [1.807, 2.05) is 23.9 Å². The van der Waals surface area contributed by atoms with Crippen molar-refractivity contribution in [1.82, 2.24) is 0 Å². The largest absolute Gasteiger partial charge is 0.122 e. The summed E-state index contributed by atoms with van der Waals surface area (Å²) in [6.07, 6.45) is 6.01. The third kappa shape index (κ3) is 7.54. The van der Waals surface area contributed by atoms with Gasteiger partial charge in [0.1, 0.15) is 4.49 Å². The first-order valence-corrected chi connectivity index (χ1v) is 7.27. The van der Waals surface area contributed by atoms with Gasteiger partial charge in [0.05, 0.1) is 0 Å². The number of allylic oxidation sites excluding steroid dienone is 2. The normalized spacial score (nSPS) is 11.4. The van der Waals surface area contributed by atoms with Crippen molar-refractivity contribution >= 4 is 35.0 Å². The first kappa shape index (κ1) is 14.7. The van der Waals surface area contributed by atoms with Crippen molar-refractivity contribution < 1.29 is 0 Å². The highest BCUT2D eigenvalue weighted by molar-refractivity contribution is 7.99. The minimum absolute atomic E-state index is 0.358. The predicted octanol–water partition coefficient (Wildman–Crippen LogP) is 5.82. The molecule has 0 bridgehead atoms. The lowest BCUT2D eigenvalue weighted by Crippen LogP contribution is -1.80. The van der Waals surface area contributed by atoms with E-state index < -0.39 is 0 Å². The smallest absolute Gasteiger partial charge is 0.102 e. The zero-order valence-electron chi connectivity index (χ0n) is 9.83. The van der Waals surface area contributed by atoms with Crippen LogP contribution in [0.3, 0.4) is 0 Å². The molecule has 0 amide bonds. The molecule has 0 spiro atoms. The van der Waals surface area contributed by atoms with Gasteiger partial charge in [-0.25, -0.2) is 0 Å². The molecule has 0 aliphatic carbocycles. The number of thioether (sulfide) groups is 1. The van der Waals surface area contributed by atoms with E-state index in [0.29, 0.717) is 4.49 Å². The van der Waals surface area contributed by atoms with Gasteiger partial charge in [-0.2, -0.15) is 0 Å². The second-order valence-corrected chi connectivity index (χ2v) is 5.81. The quantitative estimate of drug-likeness (QED) is 0.469. The van der Waals surface area contributed by atoms with E-state index in [4.69, 9.17) is 23.2 Å². The molecule has 3 heteroatoms.